The molecule has 5 unspecified atom stereocenters. The number of imidazole rings is 1. The van der Waals surface area contributed by atoms with E-state index in [9.17, 15) is 19.3 Å². The van der Waals surface area contributed by atoms with E-state index in [0.717, 1.165) is 0 Å². The minimum Gasteiger partial charge on any atom is -0.408 e. The lowest BCUT2D eigenvalue weighted by molar-refractivity contribution is -0.118. The highest BCUT2D eigenvalue weighted by Gasteiger charge is 2.50. The summed E-state index contributed by atoms with van der Waals surface area (Å²) in [5.74, 6) is -0.753. The minimum atomic E-state index is -2.92. The summed E-state index contributed by atoms with van der Waals surface area (Å²) in [7, 11) is -5.35. The third kappa shape index (κ3) is 7.20. The van der Waals surface area contributed by atoms with E-state index < -0.39 is 46.7 Å². The van der Waals surface area contributed by atoms with Gasteiger partial charge in [-0.2, -0.15) is 10.2 Å². The third-order valence-electron chi connectivity index (χ3n) is 6.82. The Bertz CT molecular complexity index is 1300. The van der Waals surface area contributed by atoms with Crippen molar-refractivity contribution in [1.29, 1.82) is 5.26 Å². The molecule has 0 aromatic carbocycles. The Labute approximate surface area is 228 Å². The van der Waals surface area contributed by atoms with Gasteiger partial charge < -0.3 is 23.3 Å². The average Bonchev–Trinajstić information content (AvgIpc) is 3.38. The van der Waals surface area contributed by atoms with Gasteiger partial charge in [-0.05, 0) is 18.1 Å². The number of anilines is 1. The van der Waals surface area contributed by atoms with E-state index in [-0.39, 0.29) is 53.6 Å². The number of rotatable bonds is 11. The highest BCUT2D eigenvalue weighted by Crippen LogP contribution is 2.42. The minimum absolute atomic E-state index is 0.00847. The summed E-state index contributed by atoms with van der Waals surface area (Å²) in [6.07, 6.45) is -2.66. The molecule has 3 rings (SSSR count). The lowest BCUT2D eigenvalue weighted by atomic mass is 10.1. The molecule has 1 amide bonds. The van der Waals surface area contributed by atoms with E-state index in [1.54, 1.807) is 13.8 Å². The molecule has 0 bridgehead atoms. The quantitative estimate of drug-likeness (QED) is 0.200. The van der Waals surface area contributed by atoms with Crippen molar-refractivity contribution in [2.24, 2.45) is 5.92 Å². The van der Waals surface area contributed by atoms with Crippen molar-refractivity contribution in [2.45, 2.75) is 83.7 Å². The molecule has 216 valence electrons. The number of nitrogens with zero attached hydrogens (tertiary/aromatic N) is 4. The summed E-state index contributed by atoms with van der Waals surface area (Å²) in [6, 6.07) is 1.89. The Balaban J connectivity index is 1.93. The zero-order valence-corrected chi connectivity index (χ0v) is 25.2. The van der Waals surface area contributed by atoms with Crippen molar-refractivity contribution in [3.05, 3.63) is 16.7 Å². The molecule has 14 nitrogen and oxygen atoms in total. The van der Waals surface area contributed by atoms with Crippen LogP contribution in [0.15, 0.2) is 11.1 Å². The Morgan fingerprint density at radius 3 is 2.69 bits per heavy atom. The number of aliphatic hydroxyl groups excluding tert-OH is 1. The molecular weight excluding hydrogens is 547 g/mol. The molecule has 3 heterocycles. The van der Waals surface area contributed by atoms with Crippen molar-refractivity contribution >= 4 is 39.6 Å². The predicted molar refractivity (Wildman–Crippen MR) is 145 cm³/mol. The Morgan fingerprint density at radius 1 is 1.38 bits per heavy atom. The molecule has 0 aliphatic carbocycles. The van der Waals surface area contributed by atoms with Gasteiger partial charge in [-0.1, -0.05) is 34.6 Å². The first kappa shape index (κ1) is 31.1. The molecule has 1 saturated heterocycles. The highest BCUT2D eigenvalue weighted by molar-refractivity contribution is 7.33. The molecule has 0 radical (unpaired) electrons. The molecule has 2 aromatic heterocycles. The molecule has 1 fully saturated rings. The monoisotopic (exact) mass is 584 g/mol. The van der Waals surface area contributed by atoms with Crippen molar-refractivity contribution in [3.8, 4) is 6.07 Å². The fourth-order valence-corrected chi connectivity index (χ4v) is 5.53. The second kappa shape index (κ2) is 12.4. The molecule has 39 heavy (non-hydrogen) atoms. The second-order valence-corrected chi connectivity index (χ2v) is 16.9. The molecule has 16 heteroatoms. The van der Waals surface area contributed by atoms with Crippen molar-refractivity contribution in [1.82, 2.24) is 19.5 Å². The number of nitriles is 1. The highest BCUT2D eigenvalue weighted by atomic mass is 31.1. The summed E-state index contributed by atoms with van der Waals surface area (Å²) >= 11 is 0. The first-order valence-electron chi connectivity index (χ1n) is 12.6. The van der Waals surface area contributed by atoms with Crippen LogP contribution < -0.4 is 10.9 Å². The van der Waals surface area contributed by atoms with Crippen molar-refractivity contribution < 1.29 is 32.7 Å². The fourth-order valence-electron chi connectivity index (χ4n) is 3.55. The maximum Gasteiger partial charge on any atom is 0.319 e. The number of carbonyl (C=O) groups is 1. The van der Waals surface area contributed by atoms with Gasteiger partial charge in [-0.3, -0.25) is 29.0 Å². The summed E-state index contributed by atoms with van der Waals surface area (Å²) in [6.45, 7) is 13.4. The number of nitrogens with one attached hydrogen (secondary N) is 2. The molecule has 2 aromatic rings. The van der Waals surface area contributed by atoms with Crippen LogP contribution in [0.5, 0.6) is 0 Å². The first-order chi connectivity index (χ1) is 18.2. The SMILES string of the molecule is CC(C)C(=O)Nc1nc2c(ncn2C2OC(CO[PH](=O)OCCC#N)C(O[Si](C)(C)C(C)(C)C)C2O)c(=O)[nH]1. The van der Waals surface area contributed by atoms with Crippen molar-refractivity contribution in [2.75, 3.05) is 18.5 Å². The van der Waals surface area contributed by atoms with Gasteiger partial charge in [0.05, 0.1) is 32.0 Å². The smallest absolute Gasteiger partial charge is 0.319 e. The average molecular weight is 585 g/mol. The maximum atomic E-state index is 12.6. The van der Waals surface area contributed by atoms with Crippen LogP contribution in [0.25, 0.3) is 11.2 Å². The van der Waals surface area contributed by atoms with E-state index in [2.05, 4.69) is 41.0 Å². The number of ether oxygens (including phenoxy) is 1. The number of aliphatic hydroxyl groups is 1. The van der Waals surface area contributed by atoms with Gasteiger partial charge in [0.25, 0.3) is 5.56 Å². The number of fused-ring (bicyclic) bond motifs is 1. The van der Waals surface area contributed by atoms with E-state index in [0.29, 0.717) is 0 Å². The fraction of sp³-hybridized carbons (Fsp3) is 0.696. The van der Waals surface area contributed by atoms with Crippen LogP contribution in [0.4, 0.5) is 5.95 Å². The lowest BCUT2D eigenvalue weighted by Crippen LogP contribution is -2.49. The Kier molecular flexibility index (Phi) is 9.87. The number of aromatic nitrogens is 4. The zero-order chi connectivity index (χ0) is 29.1. The van der Waals surface area contributed by atoms with Crippen molar-refractivity contribution in [3.63, 3.8) is 0 Å². The molecule has 3 N–H and O–H groups in total. The summed E-state index contributed by atoms with van der Waals surface area (Å²) < 4.78 is 36.7. The summed E-state index contributed by atoms with van der Waals surface area (Å²) in [4.78, 5) is 35.8. The number of hydrogen-bond donors (Lipinski definition) is 3. The largest absolute Gasteiger partial charge is 0.408 e. The molecule has 1 aliphatic rings. The van der Waals surface area contributed by atoms with Gasteiger partial charge in [-0.15, -0.1) is 0 Å². The van der Waals surface area contributed by atoms with Gasteiger partial charge in [0.2, 0.25) is 11.9 Å². The van der Waals surface area contributed by atoms with Crippen LogP contribution >= 0.6 is 8.25 Å². The third-order valence-corrected chi connectivity index (χ3v) is 12.1. The maximum absolute atomic E-state index is 12.6. The van der Waals surface area contributed by atoms with Crippen LogP contribution in [0.1, 0.15) is 47.3 Å². The zero-order valence-electron chi connectivity index (χ0n) is 23.2. The van der Waals surface area contributed by atoms with Crippen LogP contribution in [-0.4, -0.2) is 70.4 Å². The standard InChI is InChI=1S/C23H37N6O8PSi/c1-13(2)19(31)27-22-26-18-15(20(32)28-22)25-12-29(18)21-16(30)17(37-39(6,7)23(3,4)5)14(36-21)11-35-38(33)34-10-8-9-24/h12-14,16-17,21,30,38H,8,10-11H2,1-7H3,(H2,26,27,28,31,32). The number of amides is 1. The molecule has 5 atom stereocenters. The van der Waals surface area contributed by atoms with Crippen LogP contribution in [0.3, 0.4) is 0 Å². The van der Waals surface area contributed by atoms with E-state index >= 15 is 0 Å². The normalized spacial score (nSPS) is 22.8. The van der Waals surface area contributed by atoms with Crippen LogP contribution in [-0.2, 0) is 27.6 Å². The van der Waals surface area contributed by atoms with E-state index in [1.807, 2.05) is 19.2 Å². The molecule has 0 spiro atoms. The number of aromatic amines is 1. The molecular formula is C23H37N6O8PSi. The number of hydrogen-bond acceptors (Lipinski definition) is 11. The lowest BCUT2D eigenvalue weighted by Gasteiger charge is -2.40. The van der Waals surface area contributed by atoms with E-state index in [1.165, 1.54) is 10.9 Å². The van der Waals surface area contributed by atoms with Crippen LogP contribution in [0.2, 0.25) is 18.1 Å². The van der Waals surface area contributed by atoms with Gasteiger partial charge in [0.15, 0.2) is 25.7 Å². The predicted octanol–water partition coefficient (Wildman–Crippen LogP) is 2.70. The van der Waals surface area contributed by atoms with Gasteiger partial charge >= 0.3 is 8.25 Å². The van der Waals surface area contributed by atoms with E-state index in [4.69, 9.17) is 23.5 Å². The number of H-pyrrole nitrogens is 1. The topological polar surface area (TPSA) is 191 Å². The summed E-state index contributed by atoms with van der Waals surface area (Å²) in [5.41, 5.74) is -0.499. The Hall–Kier alpha value is -2.44. The van der Waals surface area contributed by atoms with Gasteiger partial charge in [0.1, 0.15) is 18.3 Å². The Morgan fingerprint density at radius 2 is 2.08 bits per heavy atom. The van der Waals surface area contributed by atoms with Gasteiger partial charge in [0, 0.05) is 5.92 Å². The first-order valence-corrected chi connectivity index (χ1v) is 16.7. The van der Waals surface area contributed by atoms with Gasteiger partial charge in [-0.25, -0.2) is 4.98 Å². The molecule has 0 saturated carbocycles. The molecule has 1 aliphatic heterocycles. The number of carbonyl (C=O) groups excluding carboxylic acids is 1. The summed E-state index contributed by atoms with van der Waals surface area (Å²) in [5, 5.41) is 22.4. The second-order valence-electron chi connectivity index (χ2n) is 11.1. The van der Waals surface area contributed by atoms with Crippen LogP contribution in [0, 0.1) is 17.2 Å².